The van der Waals surface area contributed by atoms with Gasteiger partial charge in [0.2, 0.25) is 0 Å². The number of aromatic carboxylic acids is 1. The summed E-state index contributed by atoms with van der Waals surface area (Å²) in [4.78, 5) is 26.4. The molecule has 4 rings (SSSR count). The molecule has 0 bridgehead atoms. The topological polar surface area (TPSA) is 88.1 Å². The lowest BCUT2D eigenvalue weighted by molar-refractivity contribution is -0.0524. The molecular formula is C31H35FN2O5. The minimum atomic E-state index is -0.944. The van der Waals surface area contributed by atoms with Gasteiger partial charge in [-0.2, -0.15) is 0 Å². The molecule has 2 amide bonds. The van der Waals surface area contributed by atoms with Gasteiger partial charge in [-0.05, 0) is 73.6 Å². The molecule has 2 N–H and O–H groups in total. The third kappa shape index (κ3) is 8.37. The molecule has 2 atom stereocenters. The predicted octanol–water partition coefficient (Wildman–Crippen LogP) is 6.41. The number of hydrogen-bond donors (Lipinski definition) is 2. The summed E-state index contributed by atoms with van der Waals surface area (Å²) in [6.45, 7) is 3.20. The van der Waals surface area contributed by atoms with Crippen molar-refractivity contribution in [2.75, 3.05) is 18.5 Å². The van der Waals surface area contributed by atoms with E-state index in [9.17, 15) is 19.1 Å². The molecule has 1 saturated carbocycles. The first-order valence-electron chi connectivity index (χ1n) is 13.3. The highest BCUT2D eigenvalue weighted by Gasteiger charge is 2.25. The Hall–Kier alpha value is -3.75. The number of carboxylic acid groups (broad SMARTS) is 1. The number of carbonyl (C=O) groups is 2. The lowest BCUT2D eigenvalue weighted by Crippen LogP contribution is -2.38. The SMILES string of the molecule is Cc1cccc(CO[C@H]2CCC[C@@H](OCCN(Cc3ccccc3)C(=O)Nc3ccc(F)cc3)C2)c1C(=O)O. The van der Waals surface area contributed by atoms with Gasteiger partial charge in [0, 0.05) is 18.8 Å². The molecule has 0 aliphatic heterocycles. The van der Waals surface area contributed by atoms with Crippen LogP contribution in [0.2, 0.25) is 0 Å². The number of carboxylic acids is 1. The van der Waals surface area contributed by atoms with E-state index in [0.29, 0.717) is 42.9 Å². The number of rotatable bonds is 11. The van der Waals surface area contributed by atoms with Crippen LogP contribution in [0.3, 0.4) is 0 Å². The van der Waals surface area contributed by atoms with Gasteiger partial charge in [-0.3, -0.25) is 0 Å². The molecule has 8 heteroatoms. The zero-order valence-corrected chi connectivity index (χ0v) is 22.1. The molecule has 1 aliphatic rings. The average molecular weight is 535 g/mol. The minimum Gasteiger partial charge on any atom is -0.478 e. The van der Waals surface area contributed by atoms with Crippen LogP contribution in [-0.4, -0.2) is 47.4 Å². The van der Waals surface area contributed by atoms with Crippen LogP contribution in [0.5, 0.6) is 0 Å². The maximum atomic E-state index is 13.3. The summed E-state index contributed by atoms with van der Waals surface area (Å²) in [6, 6.07) is 20.5. The van der Waals surface area contributed by atoms with Crippen LogP contribution in [0, 0.1) is 12.7 Å². The summed E-state index contributed by atoms with van der Waals surface area (Å²) in [6.07, 6.45) is 3.45. The first kappa shape index (κ1) is 28.3. The maximum absolute atomic E-state index is 13.3. The van der Waals surface area contributed by atoms with Crippen LogP contribution in [-0.2, 0) is 22.6 Å². The van der Waals surface area contributed by atoms with Crippen LogP contribution in [0.1, 0.15) is 52.7 Å². The monoisotopic (exact) mass is 534 g/mol. The number of halogens is 1. The van der Waals surface area contributed by atoms with Gasteiger partial charge >= 0.3 is 12.0 Å². The zero-order valence-electron chi connectivity index (χ0n) is 22.1. The predicted molar refractivity (Wildman–Crippen MR) is 147 cm³/mol. The Morgan fingerprint density at radius 3 is 2.41 bits per heavy atom. The van der Waals surface area contributed by atoms with Crippen molar-refractivity contribution in [3.8, 4) is 0 Å². The van der Waals surface area contributed by atoms with Gasteiger partial charge in [0.05, 0.1) is 31.0 Å². The molecule has 0 heterocycles. The van der Waals surface area contributed by atoms with Crippen molar-refractivity contribution in [3.63, 3.8) is 0 Å². The second kappa shape index (κ2) is 13.9. The number of benzene rings is 3. The van der Waals surface area contributed by atoms with E-state index in [2.05, 4.69) is 5.32 Å². The van der Waals surface area contributed by atoms with Gasteiger partial charge in [-0.1, -0.05) is 48.5 Å². The molecular weight excluding hydrogens is 499 g/mol. The highest BCUT2D eigenvalue weighted by Crippen LogP contribution is 2.25. The van der Waals surface area contributed by atoms with Crippen molar-refractivity contribution < 1.29 is 28.6 Å². The molecule has 0 saturated heterocycles. The van der Waals surface area contributed by atoms with Crippen molar-refractivity contribution in [2.45, 2.75) is 58.0 Å². The molecule has 0 unspecified atom stereocenters. The van der Waals surface area contributed by atoms with E-state index >= 15 is 0 Å². The molecule has 0 radical (unpaired) electrons. The Balaban J connectivity index is 1.30. The number of ether oxygens (including phenoxy) is 2. The first-order chi connectivity index (χ1) is 18.9. The molecule has 1 aliphatic carbocycles. The highest BCUT2D eigenvalue weighted by molar-refractivity contribution is 5.91. The van der Waals surface area contributed by atoms with Gasteiger partial charge in [0.25, 0.3) is 0 Å². The van der Waals surface area contributed by atoms with Gasteiger partial charge in [-0.25, -0.2) is 14.0 Å². The summed E-state index contributed by atoms with van der Waals surface area (Å²) < 4.78 is 25.6. The fraction of sp³-hybridized carbons (Fsp3) is 0.355. The second-order valence-corrected chi connectivity index (χ2v) is 9.85. The molecule has 3 aromatic rings. The van der Waals surface area contributed by atoms with Crippen LogP contribution in [0.4, 0.5) is 14.9 Å². The van der Waals surface area contributed by atoms with E-state index in [1.807, 2.05) is 36.4 Å². The third-order valence-electron chi connectivity index (χ3n) is 6.94. The quantitative estimate of drug-likeness (QED) is 0.297. The number of amides is 2. The normalized spacial score (nSPS) is 17.0. The van der Waals surface area contributed by atoms with Gasteiger partial charge < -0.3 is 24.8 Å². The highest BCUT2D eigenvalue weighted by atomic mass is 19.1. The summed E-state index contributed by atoms with van der Waals surface area (Å²) in [5.41, 5.74) is 3.21. The van der Waals surface area contributed by atoms with Crippen LogP contribution in [0.15, 0.2) is 72.8 Å². The molecule has 7 nitrogen and oxygen atoms in total. The average Bonchev–Trinajstić information content (AvgIpc) is 2.93. The molecule has 1 fully saturated rings. The summed E-state index contributed by atoms with van der Waals surface area (Å²) in [5, 5.41) is 12.4. The Morgan fingerprint density at radius 2 is 1.69 bits per heavy atom. The van der Waals surface area contributed by atoms with Gasteiger partial charge in [-0.15, -0.1) is 0 Å². The van der Waals surface area contributed by atoms with Crippen LogP contribution >= 0.6 is 0 Å². The maximum Gasteiger partial charge on any atom is 0.336 e. The largest absolute Gasteiger partial charge is 0.478 e. The molecule has 0 spiro atoms. The number of aryl methyl sites for hydroxylation is 1. The van der Waals surface area contributed by atoms with E-state index in [4.69, 9.17) is 9.47 Å². The lowest BCUT2D eigenvalue weighted by Gasteiger charge is -2.30. The third-order valence-corrected chi connectivity index (χ3v) is 6.94. The zero-order chi connectivity index (χ0) is 27.6. The number of nitrogens with one attached hydrogen (secondary N) is 1. The van der Waals surface area contributed by atoms with Crippen molar-refractivity contribution in [1.29, 1.82) is 0 Å². The number of urea groups is 1. The Morgan fingerprint density at radius 1 is 0.974 bits per heavy atom. The van der Waals surface area contributed by atoms with Gasteiger partial charge in [0.15, 0.2) is 0 Å². The number of carbonyl (C=O) groups excluding carboxylic acids is 1. The fourth-order valence-corrected chi connectivity index (χ4v) is 4.89. The van der Waals surface area contributed by atoms with Crippen molar-refractivity contribution in [3.05, 3.63) is 101 Å². The van der Waals surface area contributed by atoms with E-state index in [-0.39, 0.29) is 30.7 Å². The summed E-state index contributed by atoms with van der Waals surface area (Å²) in [7, 11) is 0. The van der Waals surface area contributed by atoms with Crippen molar-refractivity contribution >= 4 is 17.7 Å². The number of nitrogens with zero attached hydrogens (tertiary/aromatic N) is 1. The second-order valence-electron chi connectivity index (χ2n) is 9.85. The van der Waals surface area contributed by atoms with E-state index in [1.54, 1.807) is 24.0 Å². The smallest absolute Gasteiger partial charge is 0.336 e. The molecule has 0 aromatic heterocycles. The Labute approximate surface area is 228 Å². The van der Waals surface area contributed by atoms with E-state index < -0.39 is 5.97 Å². The van der Waals surface area contributed by atoms with Gasteiger partial charge in [0.1, 0.15) is 5.82 Å². The summed E-state index contributed by atoms with van der Waals surface area (Å²) in [5.74, 6) is -1.31. The van der Waals surface area contributed by atoms with Crippen LogP contribution in [0.25, 0.3) is 0 Å². The molecule has 39 heavy (non-hydrogen) atoms. The molecule has 206 valence electrons. The summed E-state index contributed by atoms with van der Waals surface area (Å²) >= 11 is 0. The Bertz CT molecular complexity index is 1240. The van der Waals surface area contributed by atoms with Crippen molar-refractivity contribution in [2.24, 2.45) is 0 Å². The first-order valence-corrected chi connectivity index (χ1v) is 13.3. The number of anilines is 1. The fourth-order valence-electron chi connectivity index (χ4n) is 4.89. The van der Waals surface area contributed by atoms with E-state index in [1.165, 1.54) is 24.3 Å². The van der Waals surface area contributed by atoms with Crippen LogP contribution < -0.4 is 5.32 Å². The van der Waals surface area contributed by atoms with Crippen molar-refractivity contribution in [1.82, 2.24) is 4.90 Å². The molecule has 3 aromatic carbocycles. The minimum absolute atomic E-state index is 0.000983. The number of hydrogen-bond acceptors (Lipinski definition) is 4. The Kier molecular flexibility index (Phi) is 10.1. The standard InChI is InChI=1S/C31H35FN2O5/c1-22-7-5-10-24(29(22)30(35)36)21-39-28-12-6-11-27(19-28)38-18-17-34(20-23-8-3-2-4-9-23)31(37)33-26-15-13-25(32)14-16-26/h2-5,7-10,13-16,27-28H,6,11-12,17-21H2,1H3,(H,33,37)(H,35,36)/t27-,28+/m1/s1. The van der Waals surface area contributed by atoms with E-state index in [0.717, 1.165) is 30.4 Å². The lowest BCUT2D eigenvalue weighted by atomic mass is 9.94.